The standard InChI is InChI=1S/C8H15IN2O2/c1-4(2)6(10)8(13)11-5(3)7(9)12/h4-6H,10H2,1-3H3,(H,11,13)/t5-,6-/m0/s1. The Morgan fingerprint density at radius 3 is 2.08 bits per heavy atom. The summed E-state index contributed by atoms with van der Waals surface area (Å²) >= 11 is 1.65. The molecule has 0 spiro atoms. The molecule has 0 bridgehead atoms. The van der Waals surface area contributed by atoms with Crippen LogP contribution < -0.4 is 11.1 Å². The summed E-state index contributed by atoms with van der Waals surface area (Å²) in [4.78, 5) is 22.1. The lowest BCUT2D eigenvalue weighted by molar-refractivity contribution is -0.125. The van der Waals surface area contributed by atoms with Crippen molar-refractivity contribution in [1.82, 2.24) is 5.32 Å². The largest absolute Gasteiger partial charge is 0.344 e. The Morgan fingerprint density at radius 1 is 1.31 bits per heavy atom. The predicted octanol–water partition coefficient (Wildman–Crippen LogP) is 0.436. The van der Waals surface area contributed by atoms with E-state index in [1.54, 1.807) is 29.5 Å². The fourth-order valence-corrected chi connectivity index (χ4v) is 0.825. The first-order valence-electron chi connectivity index (χ1n) is 4.11. The van der Waals surface area contributed by atoms with Crippen molar-refractivity contribution in [2.75, 3.05) is 0 Å². The average molecular weight is 298 g/mol. The first-order chi connectivity index (χ1) is 5.86. The second-order valence-corrected chi connectivity index (χ2v) is 4.37. The Bertz CT molecular complexity index is 206. The van der Waals surface area contributed by atoms with Gasteiger partial charge in [0.2, 0.25) is 9.70 Å². The molecule has 0 saturated heterocycles. The summed E-state index contributed by atoms with van der Waals surface area (Å²) in [5.41, 5.74) is 5.58. The molecule has 2 atom stereocenters. The third-order valence-electron chi connectivity index (χ3n) is 1.72. The second-order valence-electron chi connectivity index (χ2n) is 3.30. The number of rotatable bonds is 4. The Morgan fingerprint density at radius 2 is 1.77 bits per heavy atom. The molecule has 0 aliphatic rings. The number of carbonyl (C=O) groups is 2. The van der Waals surface area contributed by atoms with Gasteiger partial charge in [-0.3, -0.25) is 9.59 Å². The van der Waals surface area contributed by atoms with Crippen molar-refractivity contribution in [3.05, 3.63) is 0 Å². The molecular weight excluding hydrogens is 283 g/mol. The van der Waals surface area contributed by atoms with Crippen LogP contribution in [0.2, 0.25) is 0 Å². The molecule has 0 aromatic carbocycles. The molecule has 3 N–H and O–H groups in total. The van der Waals surface area contributed by atoms with E-state index in [2.05, 4.69) is 5.32 Å². The van der Waals surface area contributed by atoms with Gasteiger partial charge in [0.25, 0.3) is 0 Å². The molecular formula is C8H15IN2O2. The summed E-state index contributed by atoms with van der Waals surface area (Å²) in [5.74, 6) is -0.191. The molecule has 13 heavy (non-hydrogen) atoms. The summed E-state index contributed by atoms with van der Waals surface area (Å²) in [6.45, 7) is 5.36. The van der Waals surface area contributed by atoms with Gasteiger partial charge in [0, 0.05) is 22.6 Å². The Balaban J connectivity index is 4.08. The van der Waals surface area contributed by atoms with E-state index in [9.17, 15) is 9.59 Å². The first kappa shape index (κ1) is 12.8. The Hall–Kier alpha value is -0.170. The van der Waals surface area contributed by atoms with Crippen LogP contribution in [0.3, 0.4) is 0 Å². The average Bonchev–Trinajstić information content (AvgIpc) is 2.02. The monoisotopic (exact) mass is 298 g/mol. The smallest absolute Gasteiger partial charge is 0.237 e. The summed E-state index contributed by atoms with van der Waals surface area (Å²) < 4.78 is -0.0955. The van der Waals surface area contributed by atoms with Gasteiger partial charge in [0.05, 0.1) is 12.1 Å². The second kappa shape index (κ2) is 5.54. The Labute approximate surface area is 91.8 Å². The quantitative estimate of drug-likeness (QED) is 0.584. The highest BCUT2D eigenvalue weighted by molar-refractivity contribution is 14.1. The van der Waals surface area contributed by atoms with Crippen LogP contribution >= 0.6 is 22.6 Å². The van der Waals surface area contributed by atoms with Gasteiger partial charge in [-0.15, -0.1) is 0 Å². The van der Waals surface area contributed by atoms with Crippen LogP contribution in [-0.4, -0.2) is 21.8 Å². The van der Waals surface area contributed by atoms with Gasteiger partial charge >= 0.3 is 0 Å². The maximum Gasteiger partial charge on any atom is 0.237 e. The molecule has 0 unspecified atom stereocenters. The molecule has 0 aliphatic carbocycles. The number of amides is 1. The number of hydrogen-bond donors (Lipinski definition) is 2. The van der Waals surface area contributed by atoms with Crippen molar-refractivity contribution in [3.8, 4) is 0 Å². The molecule has 0 aromatic rings. The molecule has 4 nitrogen and oxygen atoms in total. The van der Waals surface area contributed by atoms with E-state index >= 15 is 0 Å². The number of nitrogens with two attached hydrogens (primary N) is 1. The summed E-state index contributed by atoms with van der Waals surface area (Å²) in [7, 11) is 0. The van der Waals surface area contributed by atoms with E-state index in [4.69, 9.17) is 5.73 Å². The van der Waals surface area contributed by atoms with Crippen LogP contribution in [0.1, 0.15) is 20.8 Å². The number of carbonyl (C=O) groups excluding carboxylic acids is 2. The van der Waals surface area contributed by atoms with E-state index < -0.39 is 12.1 Å². The summed E-state index contributed by atoms with van der Waals surface area (Å²) in [6.07, 6.45) is 0. The van der Waals surface area contributed by atoms with E-state index in [0.29, 0.717) is 0 Å². The molecule has 0 saturated carbocycles. The van der Waals surface area contributed by atoms with Gasteiger partial charge in [-0.1, -0.05) is 13.8 Å². The molecule has 0 radical (unpaired) electrons. The molecule has 5 heteroatoms. The summed E-state index contributed by atoms with van der Waals surface area (Å²) in [6, 6.07) is -1.00. The van der Waals surface area contributed by atoms with Crippen LogP contribution in [0.25, 0.3) is 0 Å². The van der Waals surface area contributed by atoms with Crippen LogP contribution in [0.4, 0.5) is 0 Å². The van der Waals surface area contributed by atoms with Crippen molar-refractivity contribution in [1.29, 1.82) is 0 Å². The van der Waals surface area contributed by atoms with Gasteiger partial charge in [0.1, 0.15) is 0 Å². The molecule has 0 fully saturated rings. The highest BCUT2D eigenvalue weighted by Crippen LogP contribution is 2.00. The summed E-state index contributed by atoms with van der Waals surface area (Å²) in [5, 5.41) is 2.54. The van der Waals surface area contributed by atoms with E-state index in [0.717, 1.165) is 0 Å². The fourth-order valence-electron chi connectivity index (χ4n) is 0.669. The van der Waals surface area contributed by atoms with Gasteiger partial charge in [-0.05, 0) is 12.8 Å². The lowest BCUT2D eigenvalue weighted by Crippen LogP contribution is -2.48. The minimum atomic E-state index is -0.543. The van der Waals surface area contributed by atoms with Crippen LogP contribution in [0.15, 0.2) is 0 Å². The zero-order valence-corrected chi connectivity index (χ0v) is 10.2. The highest BCUT2D eigenvalue weighted by atomic mass is 127. The van der Waals surface area contributed by atoms with Gasteiger partial charge < -0.3 is 11.1 Å². The maximum absolute atomic E-state index is 11.3. The lowest BCUT2D eigenvalue weighted by Gasteiger charge is -2.17. The SMILES string of the molecule is CC(C)[C@H](N)C(=O)N[C@@H](C)C(=O)I. The molecule has 1 amide bonds. The van der Waals surface area contributed by atoms with E-state index in [-0.39, 0.29) is 15.6 Å². The third kappa shape index (κ3) is 4.56. The van der Waals surface area contributed by atoms with Gasteiger partial charge in [-0.2, -0.15) is 0 Å². The number of halogens is 1. The van der Waals surface area contributed by atoms with Crippen LogP contribution in [-0.2, 0) is 9.59 Å². The van der Waals surface area contributed by atoms with Crippen LogP contribution in [0, 0.1) is 5.92 Å². The minimum Gasteiger partial charge on any atom is -0.344 e. The zero-order valence-electron chi connectivity index (χ0n) is 8.00. The van der Waals surface area contributed by atoms with Gasteiger partial charge in [0.15, 0.2) is 0 Å². The van der Waals surface area contributed by atoms with Crippen LogP contribution in [0.5, 0.6) is 0 Å². The first-order valence-corrected chi connectivity index (χ1v) is 5.19. The van der Waals surface area contributed by atoms with E-state index in [1.165, 1.54) is 0 Å². The van der Waals surface area contributed by atoms with Crippen molar-refractivity contribution in [2.24, 2.45) is 11.7 Å². The molecule has 0 rings (SSSR count). The Kier molecular flexibility index (Phi) is 5.46. The zero-order chi connectivity index (χ0) is 10.6. The topological polar surface area (TPSA) is 72.2 Å². The van der Waals surface area contributed by atoms with Crippen molar-refractivity contribution < 1.29 is 9.59 Å². The van der Waals surface area contributed by atoms with Gasteiger partial charge in [-0.25, -0.2) is 0 Å². The van der Waals surface area contributed by atoms with Crippen molar-refractivity contribution in [3.63, 3.8) is 0 Å². The molecule has 76 valence electrons. The third-order valence-corrected chi connectivity index (χ3v) is 2.65. The number of hydrogen-bond acceptors (Lipinski definition) is 3. The van der Waals surface area contributed by atoms with Crippen molar-refractivity contribution >= 4 is 32.3 Å². The molecule has 0 aromatic heterocycles. The van der Waals surface area contributed by atoms with Crippen molar-refractivity contribution in [2.45, 2.75) is 32.9 Å². The maximum atomic E-state index is 11.3. The predicted molar refractivity (Wildman–Crippen MR) is 59.4 cm³/mol. The highest BCUT2D eigenvalue weighted by Gasteiger charge is 2.20. The molecule has 0 aliphatic heterocycles. The fraction of sp³-hybridized carbons (Fsp3) is 0.750. The lowest BCUT2D eigenvalue weighted by atomic mass is 10.0. The minimum absolute atomic E-state index is 0.0801. The molecule has 0 heterocycles. The van der Waals surface area contributed by atoms with E-state index in [1.807, 2.05) is 13.8 Å². The normalized spacial score (nSPS) is 15.2. The number of nitrogens with one attached hydrogen (secondary N) is 1.